The number of carboxylic acid groups (broad SMARTS) is 2. The van der Waals surface area contributed by atoms with E-state index in [1.165, 1.54) is 51.4 Å². The van der Waals surface area contributed by atoms with Crippen LogP contribution in [-0.2, 0) is 16.1 Å². The Bertz CT molecular complexity index is 905. The molecule has 1 unspecified atom stereocenters. The van der Waals surface area contributed by atoms with Crippen LogP contribution in [0, 0.1) is 6.92 Å². The van der Waals surface area contributed by atoms with E-state index in [0.717, 1.165) is 34.8 Å². The van der Waals surface area contributed by atoms with Gasteiger partial charge >= 0.3 is 11.9 Å². The number of hydrogen-bond acceptors (Lipinski definition) is 7. The number of nitrogens with zero attached hydrogens (tertiary/aromatic N) is 4. The average molecular weight is 493 g/mol. The summed E-state index contributed by atoms with van der Waals surface area (Å²) < 4.78 is 7.05. The summed E-state index contributed by atoms with van der Waals surface area (Å²) in [5, 5.41) is 28.9. The van der Waals surface area contributed by atoms with Gasteiger partial charge in [-0.1, -0.05) is 94.2 Å². The number of unbranched alkanes of at least 4 members (excludes halogenated alkanes) is 9. The minimum absolute atomic E-state index is 0.122. The summed E-state index contributed by atoms with van der Waals surface area (Å²) in [4.78, 5) is 23.1. The fraction of sp³-hybridized carbons (Fsp3) is 0.625. The molecule has 2 aromatic rings. The van der Waals surface area contributed by atoms with Crippen molar-refractivity contribution in [3.63, 3.8) is 0 Å². The lowest BCUT2D eigenvalue weighted by Gasteiger charge is -2.17. The van der Waals surface area contributed by atoms with Crippen LogP contribution in [0.1, 0.15) is 87.5 Å². The lowest BCUT2D eigenvalue weighted by atomic mass is 10.1. The third-order valence-electron chi connectivity index (χ3n) is 5.43. The summed E-state index contributed by atoms with van der Waals surface area (Å²) in [5.74, 6) is -1.68. The van der Waals surface area contributed by atoms with Crippen LogP contribution in [-0.4, -0.2) is 49.0 Å². The van der Waals surface area contributed by atoms with Crippen LogP contribution in [0.2, 0.25) is 0 Å². The second kappa shape index (κ2) is 15.3. The molecular weight excluding hydrogens is 456 g/mol. The molecule has 0 bridgehead atoms. The maximum atomic E-state index is 12.1. The summed E-state index contributed by atoms with van der Waals surface area (Å²) >= 11 is 0.892. The van der Waals surface area contributed by atoms with E-state index >= 15 is 0 Å². The molecule has 34 heavy (non-hydrogen) atoms. The molecule has 0 saturated carbocycles. The number of hydrogen-bond donors (Lipinski definition) is 2. The van der Waals surface area contributed by atoms with Gasteiger partial charge in [0.15, 0.2) is 0 Å². The quantitative estimate of drug-likeness (QED) is 0.211. The number of ether oxygens (including phenoxy) is 1. The topological polar surface area (TPSA) is 127 Å². The molecular formula is C24H36N4O5S. The second-order valence-corrected chi connectivity index (χ2v) is 9.49. The number of aryl methyl sites for hydroxylation is 1. The minimum Gasteiger partial charge on any atom is -0.493 e. The first-order valence-electron chi connectivity index (χ1n) is 12.0. The van der Waals surface area contributed by atoms with Crippen LogP contribution in [0.5, 0.6) is 5.75 Å². The number of aromatic nitrogens is 4. The fourth-order valence-corrected chi connectivity index (χ4v) is 4.57. The predicted octanol–water partition coefficient (Wildman–Crippen LogP) is 5.28. The van der Waals surface area contributed by atoms with E-state index in [0.29, 0.717) is 17.9 Å². The summed E-state index contributed by atoms with van der Waals surface area (Å²) in [6.45, 7) is 4.18. The summed E-state index contributed by atoms with van der Waals surface area (Å²) in [6, 6.07) is 5.46. The van der Waals surface area contributed by atoms with Crippen LogP contribution in [0.3, 0.4) is 0 Å². The first kappa shape index (κ1) is 27.6. The number of rotatable bonds is 18. The first-order valence-corrected chi connectivity index (χ1v) is 12.9. The van der Waals surface area contributed by atoms with Crippen molar-refractivity contribution >= 4 is 23.7 Å². The van der Waals surface area contributed by atoms with Gasteiger partial charge < -0.3 is 14.9 Å². The SMILES string of the molecule is CCCCCCCCCCCCOc1ccc(C)cc1C(Sc1nnnn1CC(=O)O)C(=O)O. The van der Waals surface area contributed by atoms with Crippen LogP contribution in [0.15, 0.2) is 23.4 Å². The highest BCUT2D eigenvalue weighted by Crippen LogP contribution is 2.39. The van der Waals surface area contributed by atoms with Crippen molar-refractivity contribution in [2.45, 2.75) is 95.0 Å². The first-order chi connectivity index (χ1) is 16.4. The number of aliphatic carboxylic acids is 2. The van der Waals surface area contributed by atoms with E-state index in [1.807, 2.05) is 13.0 Å². The average Bonchev–Trinajstić information content (AvgIpc) is 3.22. The molecule has 2 rings (SSSR count). The molecule has 10 heteroatoms. The molecule has 0 radical (unpaired) electrons. The van der Waals surface area contributed by atoms with Crippen molar-refractivity contribution in [3.05, 3.63) is 29.3 Å². The van der Waals surface area contributed by atoms with Gasteiger partial charge in [0.1, 0.15) is 17.5 Å². The van der Waals surface area contributed by atoms with Gasteiger partial charge in [-0.05, 0) is 29.8 Å². The molecule has 0 saturated heterocycles. The van der Waals surface area contributed by atoms with Gasteiger partial charge in [-0.2, -0.15) is 0 Å². The predicted molar refractivity (Wildman–Crippen MR) is 130 cm³/mol. The molecule has 0 aliphatic rings. The fourth-order valence-electron chi connectivity index (χ4n) is 3.64. The highest BCUT2D eigenvalue weighted by molar-refractivity contribution is 8.00. The van der Waals surface area contributed by atoms with Crippen molar-refractivity contribution in [1.82, 2.24) is 20.2 Å². The van der Waals surface area contributed by atoms with Crippen molar-refractivity contribution in [2.24, 2.45) is 0 Å². The Kier molecular flexibility index (Phi) is 12.4. The van der Waals surface area contributed by atoms with Crippen LogP contribution < -0.4 is 4.74 Å². The number of tetrazole rings is 1. The maximum absolute atomic E-state index is 12.1. The molecule has 0 aliphatic heterocycles. The Morgan fingerprint density at radius 1 is 1.03 bits per heavy atom. The van der Waals surface area contributed by atoms with Crippen molar-refractivity contribution < 1.29 is 24.5 Å². The highest BCUT2D eigenvalue weighted by atomic mass is 32.2. The van der Waals surface area contributed by atoms with Crippen LogP contribution in [0.25, 0.3) is 0 Å². The highest BCUT2D eigenvalue weighted by Gasteiger charge is 2.28. The third-order valence-corrected chi connectivity index (χ3v) is 6.63. The zero-order chi connectivity index (χ0) is 24.8. The van der Waals surface area contributed by atoms with Gasteiger partial charge in [-0.3, -0.25) is 9.59 Å². The lowest BCUT2D eigenvalue weighted by molar-refractivity contribution is -0.138. The van der Waals surface area contributed by atoms with Crippen molar-refractivity contribution in [1.29, 1.82) is 0 Å². The third kappa shape index (κ3) is 9.70. The zero-order valence-electron chi connectivity index (χ0n) is 20.1. The molecule has 0 aliphatic carbocycles. The molecule has 1 aromatic heterocycles. The van der Waals surface area contributed by atoms with Crippen LogP contribution in [0.4, 0.5) is 0 Å². The second-order valence-electron chi connectivity index (χ2n) is 8.42. The molecule has 9 nitrogen and oxygen atoms in total. The van der Waals surface area contributed by atoms with E-state index in [1.54, 1.807) is 12.1 Å². The summed E-state index contributed by atoms with van der Waals surface area (Å²) in [5.41, 5.74) is 1.41. The Balaban J connectivity index is 1.90. The monoisotopic (exact) mass is 492 g/mol. The van der Waals surface area contributed by atoms with Crippen LogP contribution >= 0.6 is 11.8 Å². The number of thioether (sulfide) groups is 1. The largest absolute Gasteiger partial charge is 0.493 e. The number of carbonyl (C=O) groups is 2. The van der Waals surface area contributed by atoms with Gasteiger partial charge in [0.2, 0.25) is 5.16 Å². The molecule has 1 atom stereocenters. The normalized spacial score (nSPS) is 11.9. The van der Waals surface area contributed by atoms with E-state index in [2.05, 4.69) is 22.4 Å². The molecule has 1 heterocycles. The summed E-state index contributed by atoms with van der Waals surface area (Å²) in [6.07, 6.45) is 12.3. The Morgan fingerprint density at radius 3 is 2.29 bits per heavy atom. The van der Waals surface area contributed by atoms with E-state index in [4.69, 9.17) is 9.84 Å². The molecule has 0 spiro atoms. The van der Waals surface area contributed by atoms with Crippen molar-refractivity contribution in [2.75, 3.05) is 6.61 Å². The van der Waals surface area contributed by atoms with Gasteiger partial charge in [-0.15, -0.1) is 5.10 Å². The van der Waals surface area contributed by atoms with Gasteiger partial charge in [0, 0.05) is 5.56 Å². The molecule has 0 fully saturated rings. The van der Waals surface area contributed by atoms with Gasteiger partial charge in [0.05, 0.1) is 6.61 Å². The number of carboxylic acids is 2. The van der Waals surface area contributed by atoms with E-state index < -0.39 is 23.7 Å². The summed E-state index contributed by atoms with van der Waals surface area (Å²) in [7, 11) is 0. The molecule has 1 aromatic carbocycles. The minimum atomic E-state index is -1.11. The van der Waals surface area contributed by atoms with Gasteiger partial charge in [-0.25, -0.2) is 4.68 Å². The molecule has 188 valence electrons. The van der Waals surface area contributed by atoms with Gasteiger partial charge in [0.25, 0.3) is 0 Å². The van der Waals surface area contributed by atoms with E-state index in [9.17, 15) is 14.7 Å². The smallest absolute Gasteiger partial charge is 0.325 e. The maximum Gasteiger partial charge on any atom is 0.325 e. The zero-order valence-corrected chi connectivity index (χ0v) is 20.9. The lowest BCUT2D eigenvalue weighted by Crippen LogP contribution is -2.15. The Morgan fingerprint density at radius 2 is 1.68 bits per heavy atom. The molecule has 0 amide bonds. The number of benzene rings is 1. The van der Waals surface area contributed by atoms with Crippen molar-refractivity contribution in [3.8, 4) is 5.75 Å². The standard InChI is InChI=1S/C24H36N4O5S/c1-3-4-5-6-7-8-9-10-11-12-15-33-20-14-13-18(2)16-19(20)22(23(31)32)34-24-25-26-27-28(24)17-21(29)30/h13-14,16,22H,3-12,15,17H2,1-2H3,(H,29,30)(H,31,32). The van der Waals surface area contributed by atoms with E-state index in [-0.39, 0.29) is 5.16 Å². The Hall–Kier alpha value is -2.62. The Labute approximate surface area is 205 Å². The molecule has 2 N–H and O–H groups in total.